The fourth-order valence-corrected chi connectivity index (χ4v) is 0.817. The third kappa shape index (κ3) is 3.62. The average molecular weight is 175 g/mol. The van der Waals surface area contributed by atoms with Crippen molar-refractivity contribution in [3.63, 3.8) is 0 Å². The molecule has 0 spiro atoms. The van der Waals surface area contributed by atoms with Crippen LogP contribution in [0.1, 0.15) is 25.8 Å². The van der Waals surface area contributed by atoms with E-state index in [4.69, 9.17) is 5.11 Å². The van der Waals surface area contributed by atoms with Crippen LogP contribution in [0.2, 0.25) is 0 Å². The second-order valence-corrected chi connectivity index (χ2v) is 3.30. The first-order valence-electron chi connectivity index (χ1n) is 4.32. The number of hydrogen-bond acceptors (Lipinski definition) is 2. The van der Waals surface area contributed by atoms with E-state index in [0.717, 1.165) is 12.0 Å². The molecule has 0 aromatic carbocycles. The molecule has 0 radical (unpaired) electrons. The highest BCUT2D eigenvalue weighted by Crippen LogP contribution is 2.03. The first-order valence-corrected chi connectivity index (χ1v) is 4.32. The molecule has 0 saturated carbocycles. The molecule has 1 aromatic rings. The Kier molecular flexibility index (Phi) is 3.33. The molecule has 0 unspecified atom stereocenters. The van der Waals surface area contributed by atoms with Crippen LogP contribution >= 0.6 is 0 Å². The van der Waals surface area contributed by atoms with Gasteiger partial charge >= 0.3 is 0 Å². The van der Waals surface area contributed by atoms with Gasteiger partial charge in [0.2, 0.25) is 5.88 Å². The van der Waals surface area contributed by atoms with E-state index in [-0.39, 0.29) is 5.88 Å². The Hall–Kier alpha value is -1.49. The highest BCUT2D eigenvalue weighted by atomic mass is 16.3. The van der Waals surface area contributed by atoms with Crippen LogP contribution in [-0.4, -0.2) is 10.1 Å². The summed E-state index contributed by atoms with van der Waals surface area (Å²) in [5.41, 5.74) is 0.846. The molecular weight excluding hydrogens is 162 g/mol. The van der Waals surface area contributed by atoms with Crippen molar-refractivity contribution in [2.75, 3.05) is 0 Å². The third-order valence-corrected chi connectivity index (χ3v) is 1.49. The summed E-state index contributed by atoms with van der Waals surface area (Å²) in [7, 11) is 0. The van der Waals surface area contributed by atoms with Crippen molar-refractivity contribution < 1.29 is 5.11 Å². The zero-order valence-electron chi connectivity index (χ0n) is 7.91. The smallest absolute Gasteiger partial charge is 0.210 e. The van der Waals surface area contributed by atoms with E-state index in [0.29, 0.717) is 5.92 Å². The summed E-state index contributed by atoms with van der Waals surface area (Å²) in [6.07, 6.45) is 2.46. The van der Waals surface area contributed by atoms with Crippen molar-refractivity contribution in [3.05, 3.63) is 23.9 Å². The first kappa shape index (κ1) is 9.60. The molecule has 1 rings (SSSR count). The van der Waals surface area contributed by atoms with E-state index in [9.17, 15) is 0 Å². The molecule has 0 atom stereocenters. The van der Waals surface area contributed by atoms with Gasteiger partial charge in [0.15, 0.2) is 0 Å². The van der Waals surface area contributed by atoms with Crippen molar-refractivity contribution >= 4 is 0 Å². The SMILES string of the molecule is CC(C)CC#Cc1ccc(O)nc1. The summed E-state index contributed by atoms with van der Waals surface area (Å²) in [5, 5.41) is 8.91. The summed E-state index contributed by atoms with van der Waals surface area (Å²) in [6, 6.07) is 3.30. The molecule has 68 valence electrons. The Labute approximate surface area is 78.6 Å². The monoisotopic (exact) mass is 175 g/mol. The van der Waals surface area contributed by atoms with E-state index >= 15 is 0 Å². The maximum atomic E-state index is 8.91. The van der Waals surface area contributed by atoms with Crippen LogP contribution in [0.15, 0.2) is 18.3 Å². The molecule has 2 heteroatoms. The molecule has 2 nitrogen and oxygen atoms in total. The molecule has 0 aliphatic rings. The Morgan fingerprint density at radius 1 is 1.46 bits per heavy atom. The lowest BCUT2D eigenvalue weighted by Crippen LogP contribution is -1.82. The van der Waals surface area contributed by atoms with Gasteiger partial charge in [-0.2, -0.15) is 0 Å². The quantitative estimate of drug-likeness (QED) is 0.664. The van der Waals surface area contributed by atoms with Gasteiger partial charge in [0.1, 0.15) is 0 Å². The molecule has 0 aliphatic heterocycles. The summed E-state index contributed by atoms with van der Waals surface area (Å²) in [4.78, 5) is 3.73. The van der Waals surface area contributed by atoms with E-state index in [1.54, 1.807) is 18.3 Å². The van der Waals surface area contributed by atoms with Crippen LogP contribution in [-0.2, 0) is 0 Å². The highest BCUT2D eigenvalue weighted by Gasteiger charge is 1.89. The van der Waals surface area contributed by atoms with Gasteiger partial charge in [-0.25, -0.2) is 4.98 Å². The topological polar surface area (TPSA) is 33.1 Å². The van der Waals surface area contributed by atoms with Crippen molar-refractivity contribution in [2.24, 2.45) is 5.92 Å². The second-order valence-electron chi connectivity index (χ2n) is 3.30. The predicted octanol–water partition coefficient (Wildman–Crippen LogP) is 2.18. The Bertz CT molecular complexity index is 316. The van der Waals surface area contributed by atoms with Crippen LogP contribution in [0.4, 0.5) is 0 Å². The Morgan fingerprint density at radius 3 is 2.77 bits per heavy atom. The Balaban J connectivity index is 2.62. The summed E-state index contributed by atoms with van der Waals surface area (Å²) in [5.74, 6) is 6.66. The zero-order chi connectivity index (χ0) is 9.68. The van der Waals surface area contributed by atoms with Crippen molar-refractivity contribution in [2.45, 2.75) is 20.3 Å². The fourth-order valence-electron chi connectivity index (χ4n) is 0.817. The summed E-state index contributed by atoms with van der Waals surface area (Å²) in [6.45, 7) is 4.26. The van der Waals surface area contributed by atoms with Gasteiger partial charge in [-0.1, -0.05) is 25.7 Å². The third-order valence-electron chi connectivity index (χ3n) is 1.49. The van der Waals surface area contributed by atoms with Crippen molar-refractivity contribution in [1.29, 1.82) is 0 Å². The van der Waals surface area contributed by atoms with Crippen LogP contribution < -0.4 is 0 Å². The van der Waals surface area contributed by atoms with Gasteiger partial charge < -0.3 is 5.11 Å². The minimum atomic E-state index is 0.0365. The number of hydrogen-bond donors (Lipinski definition) is 1. The van der Waals surface area contributed by atoms with Gasteiger partial charge in [-0.15, -0.1) is 0 Å². The lowest BCUT2D eigenvalue weighted by atomic mass is 10.1. The molecule has 0 saturated heterocycles. The van der Waals surface area contributed by atoms with Gasteiger partial charge in [0, 0.05) is 24.2 Å². The molecule has 0 bridgehead atoms. The molecule has 1 N–H and O–H groups in total. The normalized spacial score (nSPS) is 9.46. The molecule has 13 heavy (non-hydrogen) atoms. The molecule has 1 heterocycles. The number of nitrogens with zero attached hydrogens (tertiary/aromatic N) is 1. The standard InChI is InChI=1S/C11H13NO/c1-9(2)4-3-5-10-6-7-11(13)12-8-10/h6-9H,4H2,1-2H3,(H,12,13). The van der Waals surface area contributed by atoms with Crippen LogP contribution in [0.5, 0.6) is 5.88 Å². The van der Waals surface area contributed by atoms with Gasteiger partial charge in [0.25, 0.3) is 0 Å². The fraction of sp³-hybridized carbons (Fsp3) is 0.364. The van der Waals surface area contributed by atoms with Crippen molar-refractivity contribution in [3.8, 4) is 17.7 Å². The predicted molar refractivity (Wildman–Crippen MR) is 52.2 cm³/mol. The van der Waals surface area contributed by atoms with Crippen molar-refractivity contribution in [1.82, 2.24) is 4.98 Å². The van der Waals surface area contributed by atoms with Gasteiger partial charge in [-0.05, 0) is 12.0 Å². The van der Waals surface area contributed by atoms with E-state index in [2.05, 4.69) is 30.7 Å². The average Bonchev–Trinajstić information content (AvgIpc) is 2.08. The number of aromatic hydroxyl groups is 1. The molecule has 1 aromatic heterocycles. The maximum absolute atomic E-state index is 8.91. The van der Waals surface area contributed by atoms with E-state index in [1.165, 1.54) is 0 Å². The van der Waals surface area contributed by atoms with E-state index in [1.807, 2.05) is 0 Å². The summed E-state index contributed by atoms with van der Waals surface area (Å²) >= 11 is 0. The first-order chi connectivity index (χ1) is 6.18. The lowest BCUT2D eigenvalue weighted by molar-refractivity contribution is 0.453. The van der Waals surface area contributed by atoms with Crippen LogP contribution in [0.25, 0.3) is 0 Å². The molecule has 0 fully saturated rings. The second kappa shape index (κ2) is 4.51. The number of pyridine rings is 1. The van der Waals surface area contributed by atoms with Gasteiger partial charge in [0.05, 0.1) is 0 Å². The van der Waals surface area contributed by atoms with Crippen LogP contribution in [0, 0.1) is 17.8 Å². The lowest BCUT2D eigenvalue weighted by Gasteiger charge is -1.93. The maximum Gasteiger partial charge on any atom is 0.210 e. The van der Waals surface area contributed by atoms with E-state index < -0.39 is 0 Å². The molecule has 0 amide bonds. The summed E-state index contributed by atoms with van der Waals surface area (Å²) < 4.78 is 0. The van der Waals surface area contributed by atoms with Gasteiger partial charge in [-0.3, -0.25) is 0 Å². The molecular formula is C11H13NO. The number of aromatic nitrogens is 1. The minimum absolute atomic E-state index is 0.0365. The zero-order valence-corrected chi connectivity index (χ0v) is 7.91. The Morgan fingerprint density at radius 2 is 2.23 bits per heavy atom. The largest absolute Gasteiger partial charge is 0.493 e. The van der Waals surface area contributed by atoms with Crippen LogP contribution in [0.3, 0.4) is 0 Å². The number of rotatable bonds is 1. The molecule has 0 aliphatic carbocycles. The highest BCUT2D eigenvalue weighted by molar-refractivity contribution is 5.33. The minimum Gasteiger partial charge on any atom is -0.493 e.